The maximum absolute atomic E-state index is 12.5. The summed E-state index contributed by atoms with van der Waals surface area (Å²) in [5.41, 5.74) is 1.17. The molecule has 2 saturated carbocycles. The lowest BCUT2D eigenvalue weighted by Crippen LogP contribution is -2.41. The maximum Gasteiger partial charge on any atom is 0.256 e. The second-order valence-electron chi connectivity index (χ2n) is 8.57. The Morgan fingerprint density at radius 3 is 2.76 bits per heavy atom. The van der Waals surface area contributed by atoms with Gasteiger partial charge in [0.2, 0.25) is 5.91 Å². The molecular formula is C21H22N10O3. The molecule has 2 unspecified atom stereocenters. The quantitative estimate of drug-likeness (QED) is 0.304. The predicted octanol–water partition coefficient (Wildman–Crippen LogP) is -0.461. The molecule has 174 valence electrons. The van der Waals surface area contributed by atoms with Gasteiger partial charge in [0.1, 0.15) is 11.8 Å². The number of aliphatic hydroxyl groups excluding tert-OH is 2. The normalized spacial score (nSPS) is 27.5. The first-order chi connectivity index (χ1) is 16.5. The van der Waals surface area contributed by atoms with Gasteiger partial charge in [-0.2, -0.15) is 14.6 Å². The van der Waals surface area contributed by atoms with Gasteiger partial charge in [0.15, 0.2) is 17.0 Å². The minimum Gasteiger partial charge on any atom is -0.389 e. The van der Waals surface area contributed by atoms with Crippen LogP contribution in [-0.4, -0.2) is 81.9 Å². The minimum atomic E-state index is -1.18. The molecule has 4 N–H and O–H groups in total. The van der Waals surface area contributed by atoms with Gasteiger partial charge in [-0.15, -0.1) is 5.10 Å². The van der Waals surface area contributed by atoms with E-state index in [2.05, 4.69) is 40.9 Å². The van der Waals surface area contributed by atoms with Gasteiger partial charge in [-0.05, 0) is 18.6 Å². The van der Waals surface area contributed by atoms with Crippen molar-refractivity contribution in [1.82, 2.24) is 44.8 Å². The molecule has 0 bridgehead atoms. The lowest BCUT2D eigenvalue weighted by Gasteiger charge is -2.23. The van der Waals surface area contributed by atoms with Gasteiger partial charge >= 0.3 is 0 Å². The van der Waals surface area contributed by atoms with Crippen LogP contribution in [-0.2, 0) is 4.79 Å². The van der Waals surface area contributed by atoms with Gasteiger partial charge < -0.3 is 25.4 Å². The summed E-state index contributed by atoms with van der Waals surface area (Å²) >= 11 is 0. The van der Waals surface area contributed by atoms with Crippen molar-refractivity contribution < 1.29 is 15.0 Å². The largest absolute Gasteiger partial charge is 0.389 e. The lowest BCUT2D eigenvalue weighted by molar-refractivity contribution is -0.132. The summed E-state index contributed by atoms with van der Waals surface area (Å²) in [7, 11) is 3.25. The highest BCUT2D eigenvalue weighted by molar-refractivity contribution is 5.88. The molecule has 0 spiro atoms. The Bertz CT molecular complexity index is 1400. The summed E-state index contributed by atoms with van der Waals surface area (Å²) in [6, 6.07) is 4.94. The molecule has 0 radical (unpaired) electrons. The van der Waals surface area contributed by atoms with E-state index in [0.717, 1.165) is 0 Å². The summed E-state index contributed by atoms with van der Waals surface area (Å²) in [5.74, 6) is 0.199. The van der Waals surface area contributed by atoms with Gasteiger partial charge in [-0.3, -0.25) is 9.78 Å². The Morgan fingerprint density at radius 1 is 1.18 bits per heavy atom. The van der Waals surface area contributed by atoms with Crippen LogP contribution in [0.3, 0.4) is 0 Å². The van der Waals surface area contributed by atoms with E-state index in [1.807, 2.05) is 18.2 Å². The number of rotatable bonds is 5. The van der Waals surface area contributed by atoms with Crippen molar-refractivity contribution in [3.8, 4) is 17.3 Å². The number of imidazole rings is 1. The van der Waals surface area contributed by atoms with E-state index >= 15 is 0 Å². The molecule has 2 fully saturated rings. The summed E-state index contributed by atoms with van der Waals surface area (Å²) in [6.07, 6.45) is 3.06. The van der Waals surface area contributed by atoms with Crippen LogP contribution in [0.5, 0.6) is 0 Å². The van der Waals surface area contributed by atoms with Crippen molar-refractivity contribution in [2.45, 2.75) is 24.7 Å². The number of aliphatic hydroxyl groups is 2. The second kappa shape index (κ2) is 7.27. The number of anilines is 1. The number of fused-ring (bicyclic) bond motifs is 2. The van der Waals surface area contributed by atoms with E-state index < -0.39 is 23.7 Å². The highest BCUT2D eigenvalue weighted by Crippen LogP contribution is 2.67. The van der Waals surface area contributed by atoms with Crippen molar-refractivity contribution in [1.29, 1.82) is 0 Å². The summed E-state index contributed by atoms with van der Waals surface area (Å²) in [4.78, 5) is 30.4. The van der Waals surface area contributed by atoms with Crippen LogP contribution in [0, 0.1) is 11.3 Å². The summed E-state index contributed by atoms with van der Waals surface area (Å²) in [5, 5.41) is 35.6. The third-order valence-corrected chi connectivity index (χ3v) is 6.92. The summed E-state index contributed by atoms with van der Waals surface area (Å²) in [6.45, 7) is 0. The number of pyridine rings is 1. The highest BCUT2D eigenvalue weighted by atomic mass is 16.3. The zero-order valence-electron chi connectivity index (χ0n) is 18.4. The first kappa shape index (κ1) is 20.6. The number of carbonyl (C=O) groups excluding carboxylic acids is 1. The SMILES string of the molecule is CNC(=O)C12CC1[C@@H](n1cnc3c(NC)nc(-n4cc(-c5ccccn5)nn4)nc31)[C@H](O)[C@@H]2O. The average Bonchev–Trinajstić information content (AvgIpc) is 3.14. The fourth-order valence-electron chi connectivity index (χ4n) is 5.18. The average molecular weight is 462 g/mol. The zero-order chi connectivity index (χ0) is 23.6. The molecule has 13 nitrogen and oxygen atoms in total. The monoisotopic (exact) mass is 462 g/mol. The van der Waals surface area contributed by atoms with Gasteiger partial charge in [-0.25, -0.2) is 4.98 Å². The molecule has 2 aliphatic carbocycles. The second-order valence-corrected chi connectivity index (χ2v) is 8.57. The van der Waals surface area contributed by atoms with Crippen LogP contribution in [0.4, 0.5) is 5.82 Å². The molecule has 0 saturated heterocycles. The van der Waals surface area contributed by atoms with E-state index in [0.29, 0.717) is 34.8 Å². The van der Waals surface area contributed by atoms with Crippen molar-refractivity contribution in [2.24, 2.45) is 11.3 Å². The Labute approximate surface area is 192 Å². The number of amides is 1. The molecule has 5 atom stereocenters. The van der Waals surface area contributed by atoms with Gasteiger partial charge in [0.25, 0.3) is 5.95 Å². The zero-order valence-corrected chi connectivity index (χ0v) is 18.4. The van der Waals surface area contributed by atoms with E-state index in [1.165, 1.54) is 11.7 Å². The molecule has 2 aliphatic rings. The minimum absolute atomic E-state index is 0.242. The van der Waals surface area contributed by atoms with Crippen LogP contribution in [0.2, 0.25) is 0 Å². The van der Waals surface area contributed by atoms with Gasteiger partial charge in [0.05, 0.1) is 35.8 Å². The number of nitrogens with zero attached hydrogens (tertiary/aromatic N) is 8. The molecular weight excluding hydrogens is 440 g/mol. The first-order valence-electron chi connectivity index (χ1n) is 10.8. The lowest BCUT2D eigenvalue weighted by atomic mass is 9.98. The Kier molecular flexibility index (Phi) is 4.41. The van der Waals surface area contributed by atoms with Crippen molar-refractivity contribution >= 4 is 22.9 Å². The molecule has 13 heteroatoms. The van der Waals surface area contributed by atoms with E-state index in [-0.39, 0.29) is 17.8 Å². The molecule has 4 heterocycles. The predicted molar refractivity (Wildman–Crippen MR) is 119 cm³/mol. The Morgan fingerprint density at radius 2 is 2.03 bits per heavy atom. The standard InChI is InChI=1S/C21H22N10O3/c1-22-17-13-18(27-20(26-17)31-8-12(28-29-31)11-5-3-4-6-24-11)30(9-25-13)14-10-7-21(10,19(34)23-2)16(33)15(14)32/h3-6,8-10,14-16,32-33H,7H2,1-2H3,(H,23,34)(H,22,26,27)/t10?,14-,15+,16+,21?/m1/s1. The van der Waals surface area contributed by atoms with Crippen molar-refractivity contribution in [2.75, 3.05) is 19.4 Å². The van der Waals surface area contributed by atoms with E-state index in [4.69, 9.17) is 0 Å². The fraction of sp³-hybridized carbons (Fsp3) is 0.381. The van der Waals surface area contributed by atoms with E-state index in [9.17, 15) is 15.0 Å². The molecule has 4 aromatic heterocycles. The van der Waals surface area contributed by atoms with Crippen LogP contribution >= 0.6 is 0 Å². The van der Waals surface area contributed by atoms with Crippen LogP contribution < -0.4 is 10.6 Å². The van der Waals surface area contributed by atoms with Gasteiger partial charge in [0, 0.05) is 26.2 Å². The van der Waals surface area contributed by atoms with E-state index in [1.54, 1.807) is 30.3 Å². The van der Waals surface area contributed by atoms with Crippen LogP contribution in [0.25, 0.3) is 28.5 Å². The molecule has 0 aromatic carbocycles. The number of carbonyl (C=O) groups is 1. The number of nitrogens with one attached hydrogen (secondary N) is 2. The third kappa shape index (κ3) is 2.70. The smallest absolute Gasteiger partial charge is 0.256 e. The number of hydrogen-bond donors (Lipinski definition) is 4. The molecule has 4 aromatic rings. The molecule has 1 amide bonds. The number of hydrogen-bond acceptors (Lipinski definition) is 10. The Balaban J connectivity index is 1.44. The fourth-order valence-corrected chi connectivity index (χ4v) is 5.18. The van der Waals surface area contributed by atoms with Crippen LogP contribution in [0.15, 0.2) is 36.9 Å². The topological polar surface area (TPSA) is 169 Å². The Hall–Kier alpha value is -3.97. The third-order valence-electron chi connectivity index (χ3n) is 6.92. The summed E-state index contributed by atoms with van der Waals surface area (Å²) < 4.78 is 3.15. The maximum atomic E-state index is 12.5. The number of aromatic nitrogens is 8. The molecule has 0 aliphatic heterocycles. The molecule has 34 heavy (non-hydrogen) atoms. The van der Waals surface area contributed by atoms with Crippen molar-refractivity contribution in [3.63, 3.8) is 0 Å². The first-order valence-corrected chi connectivity index (χ1v) is 10.8. The van der Waals surface area contributed by atoms with Crippen molar-refractivity contribution in [3.05, 3.63) is 36.9 Å². The molecule has 6 rings (SSSR count). The van der Waals surface area contributed by atoms with Crippen LogP contribution in [0.1, 0.15) is 12.5 Å². The van der Waals surface area contributed by atoms with Gasteiger partial charge in [-0.1, -0.05) is 11.3 Å². The highest BCUT2D eigenvalue weighted by Gasteiger charge is 2.75.